The van der Waals surface area contributed by atoms with Crippen molar-refractivity contribution in [3.63, 3.8) is 0 Å². The number of hydrogen-bond donors (Lipinski definition) is 2. The van der Waals surface area contributed by atoms with E-state index in [9.17, 15) is 9.90 Å². The molecule has 1 atom stereocenters. The Bertz CT molecular complexity index is 1180. The maximum atomic E-state index is 12.4. The number of amides is 1. The minimum atomic E-state index is -0.749. The molecule has 0 saturated carbocycles. The highest BCUT2D eigenvalue weighted by Crippen LogP contribution is 2.16. The lowest BCUT2D eigenvalue weighted by Crippen LogP contribution is -2.28. The molecular weight excluding hydrogens is 390 g/mol. The predicted molar refractivity (Wildman–Crippen MR) is 119 cm³/mol. The van der Waals surface area contributed by atoms with Crippen LogP contribution in [0.2, 0.25) is 0 Å². The van der Waals surface area contributed by atoms with Crippen LogP contribution in [0.25, 0.3) is 5.65 Å². The largest absolute Gasteiger partial charge is 0.487 e. The second-order valence-corrected chi connectivity index (χ2v) is 7.65. The van der Waals surface area contributed by atoms with Gasteiger partial charge in [0.25, 0.3) is 5.91 Å². The van der Waals surface area contributed by atoms with Crippen molar-refractivity contribution in [2.45, 2.75) is 26.6 Å². The summed E-state index contributed by atoms with van der Waals surface area (Å²) in [5.74, 6) is 0.415. The molecule has 4 rings (SSSR count). The third-order valence-electron chi connectivity index (χ3n) is 5.07. The summed E-state index contributed by atoms with van der Waals surface area (Å²) >= 11 is 0. The van der Waals surface area contributed by atoms with Gasteiger partial charge in [-0.25, -0.2) is 4.98 Å². The average Bonchev–Trinajstić information content (AvgIpc) is 3.18. The summed E-state index contributed by atoms with van der Waals surface area (Å²) in [4.78, 5) is 16.9. The number of fused-ring (bicyclic) bond motifs is 1. The lowest BCUT2D eigenvalue weighted by Gasteiger charge is -2.13. The van der Waals surface area contributed by atoms with Gasteiger partial charge in [0.2, 0.25) is 0 Å². The number of aliphatic hydroxyl groups is 1. The molecule has 31 heavy (non-hydrogen) atoms. The van der Waals surface area contributed by atoms with Crippen molar-refractivity contribution in [1.82, 2.24) is 14.7 Å². The number of pyridine rings is 1. The third-order valence-corrected chi connectivity index (χ3v) is 5.07. The second-order valence-electron chi connectivity index (χ2n) is 7.65. The minimum Gasteiger partial charge on any atom is -0.487 e. The molecule has 0 radical (unpaired) electrons. The summed E-state index contributed by atoms with van der Waals surface area (Å²) in [6.45, 7) is 4.52. The van der Waals surface area contributed by atoms with E-state index in [0.29, 0.717) is 17.9 Å². The molecule has 2 aromatic heterocycles. The Kier molecular flexibility index (Phi) is 6.00. The number of nitrogens with one attached hydrogen (secondary N) is 1. The summed E-state index contributed by atoms with van der Waals surface area (Å²) in [7, 11) is 0. The number of carbonyl (C=O) groups excluding carboxylic acids is 1. The van der Waals surface area contributed by atoms with E-state index in [2.05, 4.69) is 10.3 Å². The molecule has 4 aromatic rings. The summed E-state index contributed by atoms with van der Waals surface area (Å²) in [5.41, 5.74) is 5.28. The van der Waals surface area contributed by atoms with Crippen molar-refractivity contribution in [3.8, 4) is 5.75 Å². The van der Waals surface area contributed by atoms with Gasteiger partial charge in [0, 0.05) is 24.5 Å². The van der Waals surface area contributed by atoms with Crippen molar-refractivity contribution in [2.75, 3.05) is 6.54 Å². The van der Waals surface area contributed by atoms with Crippen LogP contribution in [0.3, 0.4) is 0 Å². The normalized spacial score (nSPS) is 12.0. The number of hydrogen-bond acceptors (Lipinski definition) is 4. The minimum absolute atomic E-state index is 0.146. The first-order valence-electron chi connectivity index (χ1n) is 10.2. The summed E-state index contributed by atoms with van der Waals surface area (Å²) in [5, 5.41) is 13.0. The number of carbonyl (C=O) groups is 1. The van der Waals surface area contributed by atoms with Gasteiger partial charge in [-0.3, -0.25) is 4.79 Å². The molecule has 0 aliphatic heterocycles. The SMILES string of the molecule is Cc1ccc([C@@H](O)CNC(=O)c2ccc(OCc3cn4cc(C)ccc4n3)cc2)cc1. The van der Waals surface area contributed by atoms with Gasteiger partial charge in [0.05, 0.1) is 11.8 Å². The highest BCUT2D eigenvalue weighted by molar-refractivity contribution is 5.94. The number of aryl methyl sites for hydroxylation is 2. The van der Waals surface area contributed by atoms with Crippen LogP contribution in [0, 0.1) is 13.8 Å². The molecule has 2 aromatic carbocycles. The monoisotopic (exact) mass is 415 g/mol. The fourth-order valence-electron chi connectivity index (χ4n) is 3.28. The van der Waals surface area contributed by atoms with Crippen LogP contribution in [0.15, 0.2) is 73.1 Å². The molecule has 0 aliphatic rings. The van der Waals surface area contributed by atoms with Gasteiger partial charge in [-0.2, -0.15) is 0 Å². The molecule has 2 heterocycles. The number of aliphatic hydroxyl groups excluding tert-OH is 1. The highest BCUT2D eigenvalue weighted by atomic mass is 16.5. The van der Waals surface area contributed by atoms with Gasteiger partial charge in [-0.1, -0.05) is 35.9 Å². The Morgan fingerprint density at radius 3 is 2.45 bits per heavy atom. The molecule has 0 saturated heterocycles. The molecule has 0 aliphatic carbocycles. The number of aromatic nitrogens is 2. The molecule has 158 valence electrons. The summed E-state index contributed by atoms with van der Waals surface area (Å²) in [6.07, 6.45) is 3.22. The number of benzene rings is 2. The number of rotatable bonds is 7. The van der Waals surface area contributed by atoms with Crippen LogP contribution in [-0.2, 0) is 6.61 Å². The Hall–Kier alpha value is -3.64. The topological polar surface area (TPSA) is 75.9 Å². The smallest absolute Gasteiger partial charge is 0.251 e. The Morgan fingerprint density at radius 2 is 1.71 bits per heavy atom. The first-order chi connectivity index (χ1) is 15.0. The van der Waals surface area contributed by atoms with Crippen molar-refractivity contribution in [2.24, 2.45) is 0 Å². The van der Waals surface area contributed by atoms with Crippen LogP contribution in [-0.4, -0.2) is 26.9 Å². The Morgan fingerprint density at radius 1 is 1.00 bits per heavy atom. The summed E-state index contributed by atoms with van der Waals surface area (Å²) < 4.78 is 7.78. The van der Waals surface area contributed by atoms with Crippen molar-refractivity contribution in [1.29, 1.82) is 0 Å². The molecule has 1 amide bonds. The van der Waals surface area contributed by atoms with Crippen LogP contribution in [0.5, 0.6) is 5.75 Å². The zero-order chi connectivity index (χ0) is 21.8. The van der Waals surface area contributed by atoms with Gasteiger partial charge in [0.15, 0.2) is 0 Å². The fraction of sp³-hybridized carbons (Fsp3) is 0.200. The zero-order valence-electron chi connectivity index (χ0n) is 17.6. The molecule has 0 unspecified atom stereocenters. The molecule has 6 nitrogen and oxygen atoms in total. The molecule has 2 N–H and O–H groups in total. The van der Waals surface area contributed by atoms with Crippen LogP contribution >= 0.6 is 0 Å². The molecule has 0 spiro atoms. The first kappa shape index (κ1) is 20.6. The molecular formula is C25H25N3O3. The van der Waals surface area contributed by atoms with Crippen LogP contribution < -0.4 is 10.1 Å². The highest BCUT2D eigenvalue weighted by Gasteiger charge is 2.11. The Labute approximate surface area is 181 Å². The van der Waals surface area contributed by atoms with Crippen LogP contribution in [0.1, 0.15) is 38.8 Å². The fourth-order valence-corrected chi connectivity index (χ4v) is 3.28. The van der Waals surface area contributed by atoms with Gasteiger partial charge in [-0.15, -0.1) is 0 Å². The number of nitrogens with zero attached hydrogens (tertiary/aromatic N) is 2. The molecule has 0 fully saturated rings. The number of ether oxygens (including phenoxy) is 1. The van der Waals surface area contributed by atoms with E-state index in [-0.39, 0.29) is 12.5 Å². The maximum absolute atomic E-state index is 12.4. The van der Waals surface area contributed by atoms with Gasteiger partial charge in [-0.05, 0) is 55.3 Å². The van der Waals surface area contributed by atoms with E-state index < -0.39 is 6.10 Å². The quantitative estimate of drug-likeness (QED) is 0.479. The van der Waals surface area contributed by atoms with Crippen LogP contribution in [0.4, 0.5) is 0 Å². The Balaban J connectivity index is 1.30. The third kappa shape index (κ3) is 5.10. The van der Waals surface area contributed by atoms with E-state index in [1.807, 2.05) is 67.0 Å². The van der Waals surface area contributed by atoms with Gasteiger partial charge in [0.1, 0.15) is 18.0 Å². The standard InChI is InChI=1S/C25H25N3O3/c1-17-3-6-19(7-4-17)23(29)13-26-25(30)20-8-10-22(11-9-20)31-16-21-15-28-14-18(2)5-12-24(28)27-21/h3-12,14-15,23,29H,13,16H2,1-2H3,(H,26,30)/t23-/m0/s1. The lowest BCUT2D eigenvalue weighted by molar-refractivity contribution is 0.0916. The predicted octanol–water partition coefficient (Wildman–Crippen LogP) is 3.99. The summed E-state index contributed by atoms with van der Waals surface area (Å²) in [6, 6.07) is 18.5. The lowest BCUT2D eigenvalue weighted by atomic mass is 10.1. The van der Waals surface area contributed by atoms with E-state index in [0.717, 1.165) is 28.0 Å². The van der Waals surface area contributed by atoms with Gasteiger partial charge >= 0.3 is 0 Å². The van der Waals surface area contributed by atoms with E-state index in [1.54, 1.807) is 24.3 Å². The van der Waals surface area contributed by atoms with Crippen molar-refractivity contribution < 1.29 is 14.6 Å². The maximum Gasteiger partial charge on any atom is 0.251 e. The van der Waals surface area contributed by atoms with E-state index in [1.165, 1.54) is 0 Å². The average molecular weight is 415 g/mol. The van der Waals surface area contributed by atoms with E-state index in [4.69, 9.17) is 4.74 Å². The molecule has 6 heteroatoms. The van der Waals surface area contributed by atoms with Crippen molar-refractivity contribution >= 4 is 11.6 Å². The second kappa shape index (κ2) is 9.02. The zero-order valence-corrected chi connectivity index (χ0v) is 17.6. The van der Waals surface area contributed by atoms with E-state index >= 15 is 0 Å². The number of imidazole rings is 1. The van der Waals surface area contributed by atoms with Gasteiger partial charge < -0.3 is 19.6 Å². The van der Waals surface area contributed by atoms with Crippen molar-refractivity contribution in [3.05, 3.63) is 101 Å². The first-order valence-corrected chi connectivity index (χ1v) is 10.2. The molecule has 0 bridgehead atoms.